The number of hydrogen-bond acceptors (Lipinski definition) is 1. The van der Waals surface area contributed by atoms with Crippen LogP contribution in [0.25, 0.3) is 10.4 Å². The molecule has 0 aromatic carbocycles. The van der Waals surface area contributed by atoms with Crippen LogP contribution in [0, 0.1) is 5.53 Å². The van der Waals surface area contributed by atoms with E-state index in [-0.39, 0.29) is 0 Å². The molecule has 0 fully saturated rings. The molecule has 0 aliphatic heterocycles. The predicted molar refractivity (Wildman–Crippen MR) is 38.7 cm³/mol. The van der Waals surface area contributed by atoms with Crippen LogP contribution in [0.5, 0.6) is 0 Å². The number of rotatable bonds is 0. The average molecular weight is 404 g/mol. The van der Waals surface area contributed by atoms with Gasteiger partial charge in [-0.2, -0.15) is 0 Å². The zero-order valence-corrected chi connectivity index (χ0v) is 10.4. The van der Waals surface area contributed by atoms with E-state index >= 15 is 0 Å². The summed E-state index contributed by atoms with van der Waals surface area (Å²) in [4.78, 5) is 1.75. The van der Waals surface area contributed by atoms with Crippen molar-refractivity contribution in [3.05, 3.63) is 10.4 Å². The van der Waals surface area contributed by atoms with Gasteiger partial charge < -0.3 is 0 Å². The maximum Gasteiger partial charge on any atom is -0.00208 e. The molecule has 0 saturated heterocycles. The summed E-state index contributed by atoms with van der Waals surface area (Å²) in [6.07, 6.45) is 0. The minimum atomic E-state index is -4.39. The Balaban J connectivity index is 0. The third kappa shape index (κ3) is 250. The van der Waals surface area contributed by atoms with Crippen molar-refractivity contribution in [3.63, 3.8) is 0 Å². The van der Waals surface area contributed by atoms with Gasteiger partial charge in [-0.25, -0.2) is 0 Å². The van der Waals surface area contributed by atoms with Gasteiger partial charge in [-0.3, -0.25) is 0 Å². The molecule has 0 aromatic rings. The average Bonchev–Trinajstić information content (AvgIpc) is 1.23. The second-order valence-corrected chi connectivity index (χ2v) is 43.1. The predicted octanol–water partition coefficient (Wildman–Crippen LogP) is 4.32. The van der Waals surface area contributed by atoms with Crippen molar-refractivity contribution in [2.45, 2.75) is 0 Å². The van der Waals surface area contributed by atoms with E-state index in [9.17, 15) is 0 Å². The fourth-order valence-corrected chi connectivity index (χ4v) is 0. The van der Waals surface area contributed by atoms with Gasteiger partial charge in [-0.05, 0) is 10.4 Å². The molecule has 0 spiro atoms. The molecule has 0 unspecified atom stereocenters. The summed E-state index contributed by atoms with van der Waals surface area (Å²) < 4.78 is 0. The molecule has 1 N–H and O–H groups in total. The first-order valence-electron chi connectivity index (χ1n) is 1.20. The van der Waals surface area contributed by atoms with Crippen LogP contribution in [-0.4, -0.2) is 0 Å². The first kappa shape index (κ1) is 13.1. The van der Waals surface area contributed by atoms with E-state index in [2.05, 4.69) is 0 Å². The van der Waals surface area contributed by atoms with E-state index in [0.717, 1.165) is 0 Å². The van der Waals surface area contributed by atoms with Gasteiger partial charge in [0.2, 0.25) is 0 Å². The van der Waals surface area contributed by atoms with Crippen LogP contribution in [0.1, 0.15) is 0 Å². The molecular weight excluding hydrogens is 403 g/mol. The normalized spacial score (nSPS) is 13.7. The summed E-state index contributed by atoms with van der Waals surface area (Å²) in [5.41, 5.74) is 12.2. The summed E-state index contributed by atoms with van der Waals surface area (Å²) in [5.74, 6) is 0. The number of halogens is 5. The molecule has 0 rings (SSSR count). The van der Waals surface area contributed by atoms with Gasteiger partial charge in [0.05, 0.1) is 0 Å². The van der Waals surface area contributed by atoms with Gasteiger partial charge in [0, 0.05) is 0 Å². The van der Waals surface area contributed by atoms with Crippen LogP contribution >= 0.6 is 47.1 Å². The van der Waals surface area contributed by atoms with E-state index in [0.29, 0.717) is 0 Å². The zero-order valence-electron chi connectivity index (χ0n) is 3.69. The molecule has 9 heteroatoms. The van der Waals surface area contributed by atoms with Gasteiger partial charge in [0.15, 0.2) is 0 Å². The van der Waals surface area contributed by atoms with E-state index in [1.165, 1.54) is 0 Å². The number of nitrogens with zero attached hydrogens (tertiary/aromatic N) is 2. The quantitative estimate of drug-likeness (QED) is 0.355. The van der Waals surface area contributed by atoms with Gasteiger partial charge in [-0.15, -0.1) is 5.53 Å². The Hall–Kier alpha value is 1.45. The minimum absolute atomic E-state index is 1.75. The topological polar surface area (TPSA) is 60.3 Å². The third-order valence-corrected chi connectivity index (χ3v) is 0. The largest absolute Gasteiger partial charge is 0.108 e. The van der Waals surface area contributed by atoms with Crippen LogP contribution in [0.2, 0.25) is 0 Å². The van der Waals surface area contributed by atoms with E-state index in [1.807, 2.05) is 0 Å². The van der Waals surface area contributed by atoms with Crippen LogP contribution < -0.4 is 0 Å². The van der Waals surface area contributed by atoms with E-state index in [4.69, 9.17) is 58.2 Å². The second-order valence-electron chi connectivity index (χ2n) is 0.683. The van der Waals surface area contributed by atoms with E-state index < -0.39 is 9.60 Å². The molecule has 0 aromatic heterocycles. The van der Waals surface area contributed by atoms with E-state index in [1.54, 1.807) is 4.91 Å². The third-order valence-electron chi connectivity index (χ3n) is 0. The molecule has 0 radical (unpaired) electrons. The molecule has 0 amide bonds. The van der Waals surface area contributed by atoms with Crippen LogP contribution in [0.3, 0.4) is 0 Å². The summed E-state index contributed by atoms with van der Waals surface area (Å²) >= 11 is 0. The Morgan fingerprint density at radius 1 is 1.11 bits per heavy atom. The Labute approximate surface area is 72.0 Å². The Morgan fingerprint density at radius 2 is 1.11 bits per heavy atom. The Kier molecular flexibility index (Phi) is 6.32. The standard InChI is InChI=1S/5ClH.HN3.W/c;;;;;1-3-2;/h5*1H;1H;/q;;;;;;+5/p-5. The van der Waals surface area contributed by atoms with Gasteiger partial charge >= 0.3 is 56.7 Å². The fraction of sp³-hybridized carbons (Fsp3) is 0. The Bertz CT molecular complexity index is 96.9. The zero-order chi connectivity index (χ0) is 8.15. The molecular formula is HCl5N3W. The van der Waals surface area contributed by atoms with Crippen molar-refractivity contribution >= 4 is 47.1 Å². The maximum absolute atomic E-state index is 6.86. The van der Waals surface area contributed by atoms with Crippen LogP contribution in [-0.2, 0) is 9.60 Å². The molecule has 9 heavy (non-hydrogen) atoms. The molecule has 0 aliphatic carbocycles. The van der Waals surface area contributed by atoms with Crippen molar-refractivity contribution in [3.8, 4) is 0 Å². The van der Waals surface area contributed by atoms with Gasteiger partial charge in [0.25, 0.3) is 0 Å². The summed E-state index contributed by atoms with van der Waals surface area (Å²) in [6.45, 7) is 0. The van der Waals surface area contributed by atoms with Crippen molar-refractivity contribution in [1.29, 1.82) is 5.53 Å². The van der Waals surface area contributed by atoms with Gasteiger partial charge in [0.1, 0.15) is 0 Å². The molecule has 0 aliphatic rings. The summed E-state index contributed by atoms with van der Waals surface area (Å²) in [6, 6.07) is 0. The SMILES string of the molecule is [Cl][W]([Cl])([Cl])([Cl])[Cl].[N-]=[N+]=N. The monoisotopic (exact) mass is 402 g/mol. The summed E-state index contributed by atoms with van der Waals surface area (Å²) in [5, 5.41) is 0. The molecule has 0 bridgehead atoms. The van der Waals surface area contributed by atoms with Crippen molar-refractivity contribution in [2.24, 2.45) is 0 Å². The fourth-order valence-electron chi connectivity index (χ4n) is 0. The number of hydrogen-bond donors (Lipinski definition) is 1. The number of nitrogens with one attached hydrogen (secondary N) is 1. The minimum Gasteiger partial charge on any atom is -0.108 e. The van der Waals surface area contributed by atoms with Crippen LogP contribution in [0.4, 0.5) is 0 Å². The Morgan fingerprint density at radius 3 is 1.11 bits per heavy atom. The molecule has 0 heterocycles. The molecule has 3 nitrogen and oxygen atoms in total. The van der Waals surface area contributed by atoms with Crippen molar-refractivity contribution in [2.75, 3.05) is 0 Å². The molecule has 57 valence electrons. The molecule has 0 saturated carbocycles. The first-order chi connectivity index (χ1) is 3.65. The first-order valence-corrected chi connectivity index (χ1v) is 19.4. The second kappa shape index (κ2) is 4.35. The summed E-state index contributed by atoms with van der Waals surface area (Å²) in [7, 11) is 20.9. The van der Waals surface area contributed by atoms with Crippen molar-refractivity contribution in [1.82, 2.24) is 0 Å². The molecule has 0 atom stereocenters. The smallest absolute Gasteiger partial charge is 0.00208 e. The van der Waals surface area contributed by atoms with Gasteiger partial charge in [-0.1, -0.05) is 0 Å². The maximum atomic E-state index is 6.86. The van der Waals surface area contributed by atoms with Crippen LogP contribution in [0.15, 0.2) is 0 Å². The van der Waals surface area contributed by atoms with Crippen molar-refractivity contribution < 1.29 is 9.60 Å².